The van der Waals surface area contributed by atoms with Crippen LogP contribution in [-0.2, 0) is 0 Å². The molecular weight excluding hydrogens is 188 g/mol. The molecule has 0 saturated carbocycles. The van der Waals surface area contributed by atoms with Crippen molar-refractivity contribution in [2.24, 2.45) is 0 Å². The van der Waals surface area contributed by atoms with E-state index in [0.717, 1.165) is 26.2 Å². The van der Waals surface area contributed by atoms with Gasteiger partial charge in [-0.2, -0.15) is 0 Å². The highest BCUT2D eigenvalue weighted by atomic mass is 15.3. The highest BCUT2D eigenvalue weighted by molar-refractivity contribution is 5.71. The Morgan fingerprint density at radius 1 is 1.47 bits per heavy atom. The van der Waals surface area contributed by atoms with E-state index in [1.165, 1.54) is 11.4 Å². The summed E-state index contributed by atoms with van der Waals surface area (Å²) in [6, 6.07) is 2.72. The Morgan fingerprint density at radius 2 is 2.40 bits per heavy atom. The van der Waals surface area contributed by atoms with Gasteiger partial charge in [-0.15, -0.1) is 0 Å². The molecule has 1 N–H and O–H groups in total. The smallest absolute Gasteiger partial charge is 0.0765 e. The van der Waals surface area contributed by atoms with Crippen LogP contribution >= 0.6 is 0 Å². The van der Waals surface area contributed by atoms with Gasteiger partial charge in [0, 0.05) is 32.4 Å². The summed E-state index contributed by atoms with van der Waals surface area (Å²) in [5, 5.41) is 3.45. The maximum Gasteiger partial charge on any atom is 0.0765 e. The molecule has 1 aromatic heterocycles. The van der Waals surface area contributed by atoms with Crippen molar-refractivity contribution in [2.45, 2.75) is 6.04 Å². The van der Waals surface area contributed by atoms with Crippen molar-refractivity contribution in [1.82, 2.24) is 9.88 Å². The number of nitrogens with one attached hydrogen (secondary N) is 1. The van der Waals surface area contributed by atoms with Crippen LogP contribution in [0.15, 0.2) is 18.5 Å². The van der Waals surface area contributed by atoms with Gasteiger partial charge in [0.1, 0.15) is 0 Å². The number of hydrogen-bond acceptors (Lipinski definition) is 4. The SMILES string of the molecule is CN1CCN2c3ccncc3NCC2C1. The quantitative estimate of drug-likeness (QED) is 0.671. The van der Waals surface area contributed by atoms with Gasteiger partial charge in [-0.05, 0) is 13.1 Å². The zero-order valence-electron chi connectivity index (χ0n) is 8.98. The third-order valence-electron chi connectivity index (χ3n) is 3.32. The molecule has 1 atom stereocenters. The standard InChI is InChI=1S/C11H16N4/c1-14-4-5-15-9(8-14)6-13-10-7-12-3-2-11(10)15/h2-3,7,9,13H,4-6,8H2,1H3. The summed E-state index contributed by atoms with van der Waals surface area (Å²) < 4.78 is 0. The molecule has 0 bridgehead atoms. The maximum absolute atomic E-state index is 4.15. The van der Waals surface area contributed by atoms with E-state index in [2.05, 4.69) is 33.2 Å². The average molecular weight is 204 g/mol. The van der Waals surface area contributed by atoms with E-state index in [1.807, 2.05) is 12.4 Å². The Balaban J connectivity index is 1.93. The number of aromatic nitrogens is 1. The van der Waals surface area contributed by atoms with Gasteiger partial charge in [0.2, 0.25) is 0 Å². The van der Waals surface area contributed by atoms with Crippen LogP contribution in [-0.4, -0.2) is 49.2 Å². The van der Waals surface area contributed by atoms with E-state index in [1.54, 1.807) is 0 Å². The summed E-state index contributed by atoms with van der Waals surface area (Å²) in [5.41, 5.74) is 2.49. The Morgan fingerprint density at radius 3 is 3.33 bits per heavy atom. The second kappa shape index (κ2) is 3.38. The van der Waals surface area contributed by atoms with Crippen molar-refractivity contribution in [3.05, 3.63) is 18.5 Å². The molecule has 1 saturated heterocycles. The summed E-state index contributed by atoms with van der Waals surface area (Å²) >= 11 is 0. The van der Waals surface area contributed by atoms with E-state index < -0.39 is 0 Å². The first kappa shape index (κ1) is 8.97. The second-order valence-corrected chi connectivity index (χ2v) is 4.38. The third kappa shape index (κ3) is 1.45. The second-order valence-electron chi connectivity index (χ2n) is 4.38. The van der Waals surface area contributed by atoms with Gasteiger partial charge in [-0.25, -0.2) is 0 Å². The molecule has 1 unspecified atom stereocenters. The van der Waals surface area contributed by atoms with Crippen LogP contribution in [0, 0.1) is 0 Å². The van der Waals surface area contributed by atoms with Crippen LogP contribution in [0.5, 0.6) is 0 Å². The summed E-state index contributed by atoms with van der Waals surface area (Å²) in [6.45, 7) is 4.45. The first-order valence-corrected chi connectivity index (χ1v) is 5.47. The fraction of sp³-hybridized carbons (Fsp3) is 0.545. The normalized spacial score (nSPS) is 25.4. The molecule has 0 radical (unpaired) electrons. The number of anilines is 2. The molecule has 2 aliphatic heterocycles. The van der Waals surface area contributed by atoms with Crippen LogP contribution in [0.2, 0.25) is 0 Å². The molecule has 80 valence electrons. The van der Waals surface area contributed by atoms with Gasteiger partial charge < -0.3 is 15.1 Å². The number of hydrogen-bond donors (Lipinski definition) is 1. The highest BCUT2D eigenvalue weighted by Gasteiger charge is 2.29. The largest absolute Gasteiger partial charge is 0.380 e. The molecule has 2 aliphatic rings. The Hall–Kier alpha value is -1.29. The topological polar surface area (TPSA) is 31.4 Å². The molecule has 1 aromatic rings. The molecule has 0 aromatic carbocycles. The Bertz CT molecular complexity index is 365. The molecule has 3 rings (SSSR count). The van der Waals surface area contributed by atoms with Crippen LogP contribution in [0.25, 0.3) is 0 Å². The van der Waals surface area contributed by atoms with Gasteiger partial charge in [-0.1, -0.05) is 0 Å². The van der Waals surface area contributed by atoms with Crippen LogP contribution in [0.4, 0.5) is 11.4 Å². The molecule has 4 heteroatoms. The number of rotatable bonds is 0. The van der Waals surface area contributed by atoms with Crippen molar-refractivity contribution in [3.8, 4) is 0 Å². The summed E-state index contributed by atoms with van der Waals surface area (Å²) in [4.78, 5) is 9.06. The number of fused-ring (bicyclic) bond motifs is 3. The van der Waals surface area contributed by atoms with Crippen molar-refractivity contribution in [3.63, 3.8) is 0 Å². The van der Waals surface area contributed by atoms with Gasteiger partial charge in [-0.3, -0.25) is 4.98 Å². The molecule has 0 aliphatic carbocycles. The fourth-order valence-electron chi connectivity index (χ4n) is 2.50. The minimum absolute atomic E-state index is 0.610. The molecule has 1 fully saturated rings. The Labute approximate surface area is 89.9 Å². The molecule has 4 nitrogen and oxygen atoms in total. The fourth-order valence-corrected chi connectivity index (χ4v) is 2.50. The monoisotopic (exact) mass is 204 g/mol. The van der Waals surface area contributed by atoms with Gasteiger partial charge in [0.25, 0.3) is 0 Å². The zero-order valence-corrected chi connectivity index (χ0v) is 8.98. The van der Waals surface area contributed by atoms with Crippen molar-refractivity contribution >= 4 is 11.4 Å². The molecule has 3 heterocycles. The van der Waals surface area contributed by atoms with E-state index in [4.69, 9.17) is 0 Å². The van der Waals surface area contributed by atoms with E-state index in [-0.39, 0.29) is 0 Å². The molecular formula is C11H16N4. The maximum atomic E-state index is 4.15. The summed E-state index contributed by atoms with van der Waals surface area (Å²) in [6.07, 6.45) is 3.80. The number of pyridine rings is 1. The van der Waals surface area contributed by atoms with Crippen LogP contribution in [0.3, 0.4) is 0 Å². The average Bonchev–Trinajstić information content (AvgIpc) is 2.28. The number of piperazine rings is 1. The first-order valence-electron chi connectivity index (χ1n) is 5.47. The Kier molecular flexibility index (Phi) is 2.02. The predicted octanol–water partition coefficient (Wildman–Crippen LogP) is 0.627. The summed E-state index contributed by atoms with van der Waals surface area (Å²) in [5.74, 6) is 0. The highest BCUT2D eigenvalue weighted by Crippen LogP contribution is 2.31. The van der Waals surface area contributed by atoms with E-state index >= 15 is 0 Å². The lowest BCUT2D eigenvalue weighted by molar-refractivity contribution is 0.270. The number of nitrogens with zero attached hydrogens (tertiary/aromatic N) is 3. The lowest BCUT2D eigenvalue weighted by atomic mass is 10.1. The van der Waals surface area contributed by atoms with Crippen molar-refractivity contribution in [1.29, 1.82) is 0 Å². The van der Waals surface area contributed by atoms with E-state index in [0.29, 0.717) is 6.04 Å². The summed E-state index contributed by atoms with van der Waals surface area (Å²) in [7, 11) is 2.19. The van der Waals surface area contributed by atoms with Gasteiger partial charge >= 0.3 is 0 Å². The zero-order chi connectivity index (χ0) is 10.3. The minimum atomic E-state index is 0.610. The van der Waals surface area contributed by atoms with Gasteiger partial charge in [0.05, 0.1) is 23.6 Å². The number of likely N-dealkylation sites (N-methyl/N-ethyl adjacent to an activating group) is 1. The lowest BCUT2D eigenvalue weighted by Gasteiger charge is -2.45. The lowest BCUT2D eigenvalue weighted by Crippen LogP contribution is -2.56. The van der Waals surface area contributed by atoms with Crippen LogP contribution < -0.4 is 10.2 Å². The molecule has 0 amide bonds. The van der Waals surface area contributed by atoms with Crippen molar-refractivity contribution < 1.29 is 0 Å². The molecule has 15 heavy (non-hydrogen) atoms. The van der Waals surface area contributed by atoms with Crippen LogP contribution in [0.1, 0.15) is 0 Å². The third-order valence-corrected chi connectivity index (χ3v) is 3.32. The van der Waals surface area contributed by atoms with Crippen molar-refractivity contribution in [2.75, 3.05) is 43.4 Å². The minimum Gasteiger partial charge on any atom is -0.380 e. The van der Waals surface area contributed by atoms with Gasteiger partial charge in [0.15, 0.2) is 0 Å². The first-order chi connectivity index (χ1) is 7.34. The predicted molar refractivity (Wildman–Crippen MR) is 61.4 cm³/mol. The van der Waals surface area contributed by atoms with E-state index in [9.17, 15) is 0 Å². The molecule has 0 spiro atoms.